The Hall–Kier alpha value is -0.730. The second kappa shape index (κ2) is 6.15. The molecule has 0 fully saturated rings. The molecule has 19 heavy (non-hydrogen) atoms. The van der Waals surface area contributed by atoms with E-state index >= 15 is 0 Å². The fourth-order valence-electron chi connectivity index (χ4n) is 1.79. The lowest BCUT2D eigenvalue weighted by molar-refractivity contribution is 0.426. The highest BCUT2D eigenvalue weighted by molar-refractivity contribution is 7.89. The fraction of sp³-hybridized carbons (Fsp3) is 0.333. The van der Waals surface area contributed by atoms with Crippen LogP contribution in [0.2, 0.25) is 0 Å². The summed E-state index contributed by atoms with van der Waals surface area (Å²) in [6.07, 6.45) is 0. The van der Waals surface area contributed by atoms with Crippen molar-refractivity contribution in [1.82, 2.24) is 4.31 Å². The molecule has 2 rings (SSSR count). The zero-order valence-corrected chi connectivity index (χ0v) is 13.0. The van der Waals surface area contributed by atoms with Crippen LogP contribution in [0.3, 0.4) is 0 Å². The van der Waals surface area contributed by atoms with E-state index < -0.39 is 10.0 Å². The molecule has 0 radical (unpaired) electrons. The van der Waals surface area contributed by atoms with Crippen molar-refractivity contribution in [2.24, 2.45) is 5.73 Å². The summed E-state index contributed by atoms with van der Waals surface area (Å²) in [4.78, 5) is 2.10. The molecule has 2 heterocycles. The van der Waals surface area contributed by atoms with Gasteiger partial charge in [-0.2, -0.15) is 4.31 Å². The first-order chi connectivity index (χ1) is 9.09. The van der Waals surface area contributed by atoms with Crippen molar-refractivity contribution in [2.75, 3.05) is 6.54 Å². The third-order valence-electron chi connectivity index (χ3n) is 2.77. The number of rotatable bonds is 6. The lowest BCUT2D eigenvalue weighted by atomic mass is 10.4. The Balaban J connectivity index is 2.31. The summed E-state index contributed by atoms with van der Waals surface area (Å²) < 4.78 is 26.7. The summed E-state index contributed by atoms with van der Waals surface area (Å²) >= 11 is 2.95. The summed E-state index contributed by atoms with van der Waals surface area (Å²) in [7, 11) is -3.46. The van der Waals surface area contributed by atoms with E-state index in [4.69, 9.17) is 5.73 Å². The van der Waals surface area contributed by atoms with Crippen molar-refractivity contribution in [3.63, 3.8) is 0 Å². The van der Waals surface area contributed by atoms with Crippen molar-refractivity contribution in [3.8, 4) is 0 Å². The number of nitrogens with two attached hydrogens (primary N) is 1. The maximum absolute atomic E-state index is 12.6. The minimum atomic E-state index is -3.46. The predicted molar refractivity (Wildman–Crippen MR) is 79.8 cm³/mol. The Kier molecular flexibility index (Phi) is 4.75. The Morgan fingerprint density at radius 2 is 2.05 bits per heavy atom. The summed E-state index contributed by atoms with van der Waals surface area (Å²) in [6.45, 7) is 2.96. The van der Waals surface area contributed by atoms with Crippen LogP contribution in [-0.2, 0) is 23.1 Å². The van der Waals surface area contributed by atoms with Crippen molar-refractivity contribution in [3.05, 3.63) is 38.7 Å². The van der Waals surface area contributed by atoms with Gasteiger partial charge in [-0.15, -0.1) is 22.7 Å². The number of sulfonamides is 1. The van der Waals surface area contributed by atoms with Crippen molar-refractivity contribution in [1.29, 1.82) is 0 Å². The number of hydrogen-bond acceptors (Lipinski definition) is 5. The van der Waals surface area contributed by atoms with Gasteiger partial charge in [0.2, 0.25) is 10.0 Å². The molecule has 0 bridgehead atoms. The topological polar surface area (TPSA) is 63.4 Å². The van der Waals surface area contributed by atoms with E-state index in [9.17, 15) is 8.42 Å². The number of nitrogens with zero attached hydrogens (tertiary/aromatic N) is 1. The van der Waals surface area contributed by atoms with Crippen LogP contribution in [-0.4, -0.2) is 19.3 Å². The largest absolute Gasteiger partial charge is 0.326 e. The SMILES string of the molecule is CCN(Cc1cccs1)S(=O)(=O)c1ccsc1CN. The van der Waals surface area contributed by atoms with Crippen LogP contribution in [0.5, 0.6) is 0 Å². The van der Waals surface area contributed by atoms with E-state index in [1.165, 1.54) is 15.6 Å². The van der Waals surface area contributed by atoms with Crippen molar-refractivity contribution < 1.29 is 8.42 Å². The van der Waals surface area contributed by atoms with Gasteiger partial charge in [-0.1, -0.05) is 13.0 Å². The summed E-state index contributed by atoms with van der Waals surface area (Å²) in [5, 5.41) is 3.72. The first-order valence-electron chi connectivity index (χ1n) is 5.88. The minimum absolute atomic E-state index is 0.253. The van der Waals surface area contributed by atoms with E-state index in [1.54, 1.807) is 22.8 Å². The standard InChI is InChI=1S/C12H16N2O2S3/c1-2-14(9-10-4-3-6-17-10)19(15,16)12-5-7-18-11(12)8-13/h3-7H,2,8-9,13H2,1H3. The van der Waals surface area contributed by atoms with E-state index in [1.807, 2.05) is 24.4 Å². The molecule has 7 heteroatoms. The Morgan fingerprint density at radius 1 is 1.26 bits per heavy atom. The van der Waals surface area contributed by atoms with Gasteiger partial charge in [-0.05, 0) is 22.9 Å². The molecule has 0 aliphatic rings. The van der Waals surface area contributed by atoms with E-state index in [0.717, 1.165) is 4.88 Å². The third kappa shape index (κ3) is 3.06. The molecule has 0 spiro atoms. The average molecular weight is 316 g/mol. The first-order valence-corrected chi connectivity index (χ1v) is 9.08. The number of thiophene rings is 2. The molecule has 0 saturated heterocycles. The summed E-state index contributed by atoms with van der Waals surface area (Å²) in [5.74, 6) is 0. The van der Waals surface area contributed by atoms with E-state index in [-0.39, 0.29) is 6.54 Å². The molecule has 0 atom stereocenters. The minimum Gasteiger partial charge on any atom is -0.326 e. The highest BCUT2D eigenvalue weighted by Gasteiger charge is 2.26. The van der Waals surface area contributed by atoms with Crippen LogP contribution in [0, 0.1) is 0 Å². The van der Waals surface area contributed by atoms with Crippen molar-refractivity contribution in [2.45, 2.75) is 24.9 Å². The lowest BCUT2D eigenvalue weighted by Gasteiger charge is -2.19. The predicted octanol–water partition coefficient (Wildman–Crippen LogP) is 2.48. The average Bonchev–Trinajstić information content (AvgIpc) is 3.06. The quantitative estimate of drug-likeness (QED) is 0.890. The van der Waals surface area contributed by atoms with Crippen LogP contribution in [0.25, 0.3) is 0 Å². The molecular formula is C12H16N2O2S3. The van der Waals surface area contributed by atoms with Gasteiger partial charge in [0.1, 0.15) is 0 Å². The zero-order valence-electron chi connectivity index (χ0n) is 10.6. The van der Waals surface area contributed by atoms with Gasteiger partial charge in [-0.25, -0.2) is 8.42 Å². The van der Waals surface area contributed by atoms with Gasteiger partial charge in [0.25, 0.3) is 0 Å². The molecule has 104 valence electrons. The maximum Gasteiger partial charge on any atom is 0.244 e. The Morgan fingerprint density at radius 3 is 2.63 bits per heavy atom. The van der Waals surface area contributed by atoms with E-state index in [2.05, 4.69) is 0 Å². The molecule has 0 aromatic carbocycles. The van der Waals surface area contributed by atoms with Crippen LogP contribution in [0.1, 0.15) is 16.7 Å². The fourth-order valence-corrected chi connectivity index (χ4v) is 5.32. The van der Waals surface area contributed by atoms with Crippen LogP contribution in [0.4, 0.5) is 0 Å². The number of hydrogen-bond donors (Lipinski definition) is 1. The summed E-state index contributed by atoms with van der Waals surface area (Å²) in [6, 6.07) is 5.51. The normalized spacial score (nSPS) is 12.2. The van der Waals surface area contributed by atoms with Crippen molar-refractivity contribution >= 4 is 32.7 Å². The Labute approximate surface area is 121 Å². The third-order valence-corrected chi connectivity index (χ3v) is 6.71. The van der Waals surface area contributed by atoms with E-state index in [0.29, 0.717) is 22.9 Å². The molecule has 0 amide bonds. The highest BCUT2D eigenvalue weighted by atomic mass is 32.2. The summed E-state index contributed by atoms with van der Waals surface area (Å²) in [5.41, 5.74) is 5.60. The maximum atomic E-state index is 12.6. The molecule has 0 saturated carbocycles. The van der Waals surface area contributed by atoms with Crippen LogP contribution < -0.4 is 5.73 Å². The molecule has 2 aromatic rings. The second-order valence-electron chi connectivity index (χ2n) is 3.92. The molecule has 0 aliphatic heterocycles. The molecule has 0 unspecified atom stereocenters. The zero-order chi connectivity index (χ0) is 13.9. The molecule has 4 nitrogen and oxygen atoms in total. The van der Waals surface area contributed by atoms with Crippen LogP contribution in [0.15, 0.2) is 33.9 Å². The first kappa shape index (κ1) is 14.7. The molecule has 0 aliphatic carbocycles. The van der Waals surface area contributed by atoms with Gasteiger partial charge >= 0.3 is 0 Å². The van der Waals surface area contributed by atoms with Crippen LogP contribution >= 0.6 is 22.7 Å². The van der Waals surface area contributed by atoms with Gasteiger partial charge in [0, 0.05) is 29.4 Å². The second-order valence-corrected chi connectivity index (χ2v) is 7.86. The van der Waals surface area contributed by atoms with Gasteiger partial charge in [0.15, 0.2) is 0 Å². The Bertz CT molecular complexity index is 617. The van der Waals surface area contributed by atoms with Gasteiger partial charge in [-0.3, -0.25) is 0 Å². The highest BCUT2D eigenvalue weighted by Crippen LogP contribution is 2.26. The van der Waals surface area contributed by atoms with Gasteiger partial charge < -0.3 is 5.73 Å². The molecule has 2 aromatic heterocycles. The molecular weight excluding hydrogens is 300 g/mol. The monoisotopic (exact) mass is 316 g/mol. The van der Waals surface area contributed by atoms with Gasteiger partial charge in [0.05, 0.1) is 4.90 Å². The molecule has 2 N–H and O–H groups in total. The smallest absolute Gasteiger partial charge is 0.244 e. The lowest BCUT2D eigenvalue weighted by Crippen LogP contribution is -2.30.